The number of nitrogens with one attached hydrogen (secondary N) is 1. The molecule has 29 heavy (non-hydrogen) atoms. The van der Waals surface area contributed by atoms with Crippen LogP contribution in [0.4, 0.5) is 5.69 Å². The number of carbonyl (C=O) groups is 4. The van der Waals surface area contributed by atoms with Gasteiger partial charge in [0, 0.05) is 5.69 Å². The number of amides is 1. The number of esters is 2. The molecule has 1 aromatic carbocycles. The number of carboxylic acids is 1. The van der Waals surface area contributed by atoms with Crippen molar-refractivity contribution >= 4 is 29.5 Å². The summed E-state index contributed by atoms with van der Waals surface area (Å²) in [4.78, 5) is 48.8. The summed E-state index contributed by atoms with van der Waals surface area (Å²) in [6.07, 6.45) is 4.37. The predicted octanol–water partition coefficient (Wildman–Crippen LogP) is 2.50. The maximum atomic E-state index is 12.9. The lowest BCUT2D eigenvalue weighted by molar-refractivity contribution is -0.146. The number of rotatable bonds is 7. The van der Waals surface area contributed by atoms with Crippen LogP contribution in [0, 0.1) is 23.7 Å². The third-order valence-electron chi connectivity index (χ3n) is 5.27. The minimum absolute atomic E-state index is 0.0929. The molecule has 3 rings (SSSR count). The Morgan fingerprint density at radius 2 is 1.45 bits per heavy atom. The van der Waals surface area contributed by atoms with Crippen LogP contribution in [0.25, 0.3) is 0 Å². The summed E-state index contributed by atoms with van der Waals surface area (Å²) in [5, 5.41) is 12.2. The van der Waals surface area contributed by atoms with Gasteiger partial charge in [0.25, 0.3) is 0 Å². The molecule has 0 radical (unpaired) electrons. The van der Waals surface area contributed by atoms with Crippen molar-refractivity contribution in [2.24, 2.45) is 23.7 Å². The first-order valence-corrected chi connectivity index (χ1v) is 9.57. The summed E-state index contributed by atoms with van der Waals surface area (Å²) in [6.45, 7) is 3.62. The molecular formula is C21H23NO7. The molecule has 2 aliphatic carbocycles. The molecule has 8 heteroatoms. The molecule has 2 aliphatic rings. The summed E-state index contributed by atoms with van der Waals surface area (Å²) in [5.41, 5.74) is 0.394. The van der Waals surface area contributed by atoms with E-state index in [2.05, 4.69) is 5.32 Å². The molecule has 0 saturated heterocycles. The zero-order valence-corrected chi connectivity index (χ0v) is 16.2. The Balaban J connectivity index is 1.88. The molecule has 1 fully saturated rings. The molecule has 2 bridgehead atoms. The third-order valence-corrected chi connectivity index (χ3v) is 5.27. The molecule has 2 N–H and O–H groups in total. The van der Waals surface area contributed by atoms with E-state index >= 15 is 0 Å². The third kappa shape index (κ3) is 4.16. The SMILES string of the molecule is CCOC(=O)c1cc(NC(=O)[C@H]2[C@@H](C(=O)O)[C@H]3C=C[C@@H]2C3)cc(C(=O)OCC)c1. The second-order valence-corrected chi connectivity index (χ2v) is 7.07. The number of carbonyl (C=O) groups excluding carboxylic acids is 3. The number of anilines is 1. The summed E-state index contributed by atoms with van der Waals surface area (Å²) in [6, 6.07) is 4.14. The van der Waals surface area contributed by atoms with Gasteiger partial charge in [-0.15, -0.1) is 0 Å². The first-order chi connectivity index (χ1) is 13.8. The van der Waals surface area contributed by atoms with Crippen LogP contribution in [-0.4, -0.2) is 42.1 Å². The van der Waals surface area contributed by atoms with Crippen molar-refractivity contribution < 1.29 is 33.8 Å². The molecule has 8 nitrogen and oxygen atoms in total. The van der Waals surface area contributed by atoms with E-state index < -0.39 is 35.7 Å². The average molecular weight is 401 g/mol. The molecule has 1 aromatic rings. The van der Waals surface area contributed by atoms with Gasteiger partial charge in [0.05, 0.1) is 36.2 Å². The van der Waals surface area contributed by atoms with Crippen LogP contribution in [0.3, 0.4) is 0 Å². The quantitative estimate of drug-likeness (QED) is 0.532. The molecule has 0 aromatic heterocycles. The van der Waals surface area contributed by atoms with Gasteiger partial charge in [0.15, 0.2) is 0 Å². The van der Waals surface area contributed by atoms with Crippen LogP contribution in [-0.2, 0) is 19.1 Å². The first kappa shape index (κ1) is 20.6. The van der Waals surface area contributed by atoms with E-state index in [-0.39, 0.29) is 41.9 Å². The van der Waals surface area contributed by atoms with E-state index in [1.54, 1.807) is 13.8 Å². The van der Waals surface area contributed by atoms with Crippen molar-refractivity contribution in [1.82, 2.24) is 0 Å². The van der Waals surface area contributed by atoms with Gasteiger partial charge in [0.2, 0.25) is 5.91 Å². The topological polar surface area (TPSA) is 119 Å². The number of aliphatic carboxylic acids is 1. The number of hydrogen-bond donors (Lipinski definition) is 2. The fourth-order valence-corrected chi connectivity index (χ4v) is 4.11. The second-order valence-electron chi connectivity index (χ2n) is 7.07. The monoisotopic (exact) mass is 401 g/mol. The van der Waals surface area contributed by atoms with Crippen LogP contribution >= 0.6 is 0 Å². The molecule has 0 heterocycles. The summed E-state index contributed by atoms with van der Waals surface area (Å²) in [5.74, 6) is -4.53. The average Bonchev–Trinajstić information content (AvgIpc) is 3.29. The second kappa shape index (κ2) is 8.46. The smallest absolute Gasteiger partial charge is 0.338 e. The fourth-order valence-electron chi connectivity index (χ4n) is 4.11. The van der Waals surface area contributed by atoms with Crippen LogP contribution in [0.2, 0.25) is 0 Å². The molecule has 0 aliphatic heterocycles. The van der Waals surface area contributed by atoms with Crippen molar-refractivity contribution in [2.45, 2.75) is 20.3 Å². The Bertz CT molecular complexity index is 840. The van der Waals surface area contributed by atoms with Gasteiger partial charge < -0.3 is 19.9 Å². The molecule has 154 valence electrons. The molecule has 0 unspecified atom stereocenters. The first-order valence-electron chi connectivity index (χ1n) is 9.57. The Hall–Kier alpha value is -3.16. The highest BCUT2D eigenvalue weighted by Crippen LogP contribution is 2.48. The normalized spacial score (nSPS) is 24.2. The Kier molecular flexibility index (Phi) is 6.00. The summed E-state index contributed by atoms with van der Waals surface area (Å²) < 4.78 is 9.96. The Morgan fingerprint density at radius 1 is 0.931 bits per heavy atom. The fraction of sp³-hybridized carbons (Fsp3) is 0.429. The number of fused-ring (bicyclic) bond motifs is 2. The highest BCUT2D eigenvalue weighted by atomic mass is 16.5. The maximum absolute atomic E-state index is 12.9. The lowest BCUT2D eigenvalue weighted by Crippen LogP contribution is -2.36. The predicted molar refractivity (Wildman–Crippen MR) is 102 cm³/mol. The van der Waals surface area contributed by atoms with Crippen LogP contribution in [0.1, 0.15) is 41.0 Å². The Morgan fingerprint density at radius 3 is 1.93 bits per heavy atom. The van der Waals surface area contributed by atoms with Gasteiger partial charge in [-0.25, -0.2) is 9.59 Å². The van der Waals surface area contributed by atoms with Gasteiger partial charge in [0.1, 0.15) is 0 Å². The van der Waals surface area contributed by atoms with Crippen LogP contribution in [0.5, 0.6) is 0 Å². The maximum Gasteiger partial charge on any atom is 0.338 e. The zero-order valence-electron chi connectivity index (χ0n) is 16.2. The van der Waals surface area contributed by atoms with Gasteiger partial charge in [-0.2, -0.15) is 0 Å². The molecule has 1 amide bonds. The van der Waals surface area contributed by atoms with E-state index in [1.165, 1.54) is 18.2 Å². The number of ether oxygens (including phenoxy) is 2. The van der Waals surface area contributed by atoms with Crippen LogP contribution < -0.4 is 5.32 Å². The van der Waals surface area contributed by atoms with Gasteiger partial charge in [-0.1, -0.05) is 12.2 Å². The van der Waals surface area contributed by atoms with Crippen molar-refractivity contribution in [3.63, 3.8) is 0 Å². The van der Waals surface area contributed by atoms with E-state index in [1.807, 2.05) is 12.2 Å². The molecule has 0 spiro atoms. The lowest BCUT2D eigenvalue weighted by Gasteiger charge is -2.24. The van der Waals surface area contributed by atoms with Gasteiger partial charge >= 0.3 is 17.9 Å². The Labute approximate surface area is 167 Å². The molecular weight excluding hydrogens is 378 g/mol. The minimum Gasteiger partial charge on any atom is -0.481 e. The van der Waals surface area contributed by atoms with E-state index in [4.69, 9.17) is 9.47 Å². The number of allylic oxidation sites excluding steroid dienone is 2. The van der Waals surface area contributed by atoms with E-state index in [0.29, 0.717) is 6.42 Å². The highest BCUT2D eigenvalue weighted by molar-refractivity contribution is 6.01. The van der Waals surface area contributed by atoms with Gasteiger partial charge in [-0.3, -0.25) is 9.59 Å². The van der Waals surface area contributed by atoms with E-state index in [0.717, 1.165) is 0 Å². The zero-order chi connectivity index (χ0) is 21.1. The van der Waals surface area contributed by atoms with Crippen LogP contribution in [0.15, 0.2) is 30.4 Å². The summed E-state index contributed by atoms with van der Waals surface area (Å²) >= 11 is 0. The number of hydrogen-bond acceptors (Lipinski definition) is 6. The minimum atomic E-state index is -1.01. The van der Waals surface area contributed by atoms with Gasteiger partial charge in [-0.05, 0) is 50.3 Å². The van der Waals surface area contributed by atoms with Crippen molar-refractivity contribution in [3.05, 3.63) is 41.5 Å². The highest BCUT2D eigenvalue weighted by Gasteiger charge is 2.51. The molecule has 4 atom stereocenters. The van der Waals surface area contributed by atoms with Crippen molar-refractivity contribution in [2.75, 3.05) is 18.5 Å². The summed E-state index contributed by atoms with van der Waals surface area (Å²) in [7, 11) is 0. The standard InChI is InChI=1S/C21H23NO7/c1-3-28-20(26)13-8-14(21(27)29-4-2)10-15(9-13)22-18(23)16-11-5-6-12(7-11)17(16)19(24)25/h5-6,8-12,16-17H,3-4,7H2,1-2H3,(H,22,23)(H,24,25)/t11-,12+,16-,17+/m1/s1. The number of benzene rings is 1. The van der Waals surface area contributed by atoms with Crippen molar-refractivity contribution in [1.29, 1.82) is 0 Å². The largest absolute Gasteiger partial charge is 0.481 e. The van der Waals surface area contributed by atoms with Crippen molar-refractivity contribution in [3.8, 4) is 0 Å². The number of carboxylic acid groups (broad SMARTS) is 1. The lowest BCUT2D eigenvalue weighted by atomic mass is 9.82. The molecule has 1 saturated carbocycles. The van der Waals surface area contributed by atoms with E-state index in [9.17, 15) is 24.3 Å².